The Morgan fingerprint density at radius 2 is 2.05 bits per heavy atom. The van der Waals surface area contributed by atoms with Crippen molar-refractivity contribution in [3.63, 3.8) is 0 Å². The van der Waals surface area contributed by atoms with Crippen LogP contribution < -0.4 is 0 Å². The first kappa shape index (κ1) is 14.6. The normalized spacial score (nSPS) is 34.5. The molecule has 0 spiro atoms. The lowest BCUT2D eigenvalue weighted by atomic mass is 9.58. The van der Waals surface area contributed by atoms with Gasteiger partial charge in [-0.2, -0.15) is 0 Å². The highest BCUT2D eigenvalue weighted by Gasteiger charge is 2.49. The van der Waals surface area contributed by atoms with Crippen molar-refractivity contribution in [2.45, 2.75) is 64.8 Å². The third kappa shape index (κ3) is 1.96. The van der Waals surface area contributed by atoms with Crippen LogP contribution in [0.3, 0.4) is 0 Å². The van der Waals surface area contributed by atoms with Crippen LogP contribution in [0.5, 0.6) is 5.75 Å². The summed E-state index contributed by atoms with van der Waals surface area (Å²) >= 11 is 0. The molecule has 120 valence electrons. The van der Waals surface area contributed by atoms with Crippen molar-refractivity contribution >= 4 is 0 Å². The molecule has 1 aliphatic heterocycles. The molecule has 3 atom stereocenters. The van der Waals surface area contributed by atoms with E-state index in [1.807, 2.05) is 6.92 Å². The van der Waals surface area contributed by atoms with Crippen molar-refractivity contribution < 1.29 is 5.11 Å². The van der Waals surface area contributed by atoms with Crippen molar-refractivity contribution in [1.82, 2.24) is 4.90 Å². The van der Waals surface area contributed by atoms with E-state index in [0.717, 1.165) is 17.0 Å². The Morgan fingerprint density at radius 1 is 1.32 bits per heavy atom. The second kappa shape index (κ2) is 4.74. The first-order valence-electron chi connectivity index (χ1n) is 8.98. The number of hydrogen-bond acceptors (Lipinski definition) is 2. The Bertz CT molecular complexity index is 619. The fourth-order valence-corrected chi connectivity index (χ4v) is 5.27. The maximum atomic E-state index is 10.4. The van der Waals surface area contributed by atoms with Crippen LogP contribution in [-0.4, -0.2) is 29.1 Å². The van der Waals surface area contributed by atoms with Crippen LogP contribution in [0.2, 0.25) is 0 Å². The number of likely N-dealkylation sites (tertiary alicyclic amines) is 1. The summed E-state index contributed by atoms with van der Waals surface area (Å²) in [5.41, 5.74) is 5.37. The van der Waals surface area contributed by atoms with Crippen LogP contribution >= 0.6 is 0 Å². The van der Waals surface area contributed by atoms with E-state index in [4.69, 9.17) is 0 Å². The summed E-state index contributed by atoms with van der Waals surface area (Å²) < 4.78 is 0. The van der Waals surface area contributed by atoms with Gasteiger partial charge in [0.25, 0.3) is 0 Å². The van der Waals surface area contributed by atoms with Gasteiger partial charge in [0.15, 0.2) is 0 Å². The minimum atomic E-state index is 0.230. The molecule has 2 bridgehead atoms. The zero-order valence-electron chi connectivity index (χ0n) is 14.4. The third-order valence-electron chi connectivity index (χ3n) is 6.97. The Kier molecular flexibility index (Phi) is 3.14. The molecule has 4 rings (SSSR count). The molecule has 1 saturated heterocycles. The molecule has 1 heterocycles. The molecule has 2 fully saturated rings. The molecule has 2 aliphatic carbocycles. The largest absolute Gasteiger partial charge is 0.507 e. The van der Waals surface area contributed by atoms with E-state index in [-0.39, 0.29) is 5.41 Å². The van der Waals surface area contributed by atoms with E-state index in [1.54, 1.807) is 0 Å². The molecule has 0 amide bonds. The van der Waals surface area contributed by atoms with Crippen molar-refractivity contribution in [1.29, 1.82) is 0 Å². The number of piperidine rings is 1. The standard InChI is InChI=1S/C20H29NO/c1-12-9-16-10-17-14(3)20(4,18(16)13(2)19(12)22)7-8-21(17)11-15-5-6-15/h9,14-15,17,22H,5-8,10-11H2,1-4H3/t14-,17?,20-/m0/s1. The summed E-state index contributed by atoms with van der Waals surface area (Å²) in [6.07, 6.45) is 5.28. The van der Waals surface area contributed by atoms with Crippen molar-refractivity contribution in [3.8, 4) is 5.75 Å². The smallest absolute Gasteiger partial charge is 0.121 e. The minimum Gasteiger partial charge on any atom is -0.507 e. The molecular formula is C20H29NO. The minimum absolute atomic E-state index is 0.230. The predicted molar refractivity (Wildman–Crippen MR) is 90.5 cm³/mol. The number of hydrogen-bond donors (Lipinski definition) is 1. The zero-order valence-corrected chi connectivity index (χ0v) is 14.4. The zero-order chi connectivity index (χ0) is 15.6. The molecule has 0 radical (unpaired) electrons. The maximum absolute atomic E-state index is 10.4. The summed E-state index contributed by atoms with van der Waals surface area (Å²) in [7, 11) is 0. The van der Waals surface area contributed by atoms with Gasteiger partial charge < -0.3 is 5.11 Å². The van der Waals surface area contributed by atoms with E-state index in [2.05, 4.69) is 31.7 Å². The van der Waals surface area contributed by atoms with Crippen LogP contribution in [0.4, 0.5) is 0 Å². The molecule has 3 aliphatic rings. The van der Waals surface area contributed by atoms with E-state index in [0.29, 0.717) is 17.7 Å². The van der Waals surface area contributed by atoms with Crippen LogP contribution in [0.1, 0.15) is 55.4 Å². The number of rotatable bonds is 2. The Morgan fingerprint density at radius 3 is 2.73 bits per heavy atom. The maximum Gasteiger partial charge on any atom is 0.121 e. The van der Waals surface area contributed by atoms with Gasteiger partial charge in [-0.15, -0.1) is 0 Å². The molecule has 1 N–H and O–H groups in total. The highest BCUT2D eigenvalue weighted by atomic mass is 16.3. The van der Waals surface area contributed by atoms with Crippen molar-refractivity contribution in [2.24, 2.45) is 11.8 Å². The lowest BCUT2D eigenvalue weighted by Gasteiger charge is -2.55. The third-order valence-corrected chi connectivity index (χ3v) is 6.97. The second-order valence-corrected chi connectivity index (χ2v) is 8.37. The van der Waals surface area contributed by atoms with Gasteiger partial charge in [0.1, 0.15) is 5.75 Å². The van der Waals surface area contributed by atoms with E-state index < -0.39 is 0 Å². The molecule has 2 nitrogen and oxygen atoms in total. The quantitative estimate of drug-likeness (QED) is 0.894. The highest BCUT2D eigenvalue weighted by molar-refractivity contribution is 5.54. The van der Waals surface area contributed by atoms with Crippen molar-refractivity contribution in [2.75, 3.05) is 13.1 Å². The number of benzene rings is 1. The molecule has 1 saturated carbocycles. The molecule has 22 heavy (non-hydrogen) atoms. The number of aryl methyl sites for hydroxylation is 1. The van der Waals surface area contributed by atoms with Crippen LogP contribution in [0.15, 0.2) is 6.07 Å². The van der Waals surface area contributed by atoms with Gasteiger partial charge in [-0.25, -0.2) is 0 Å². The summed E-state index contributed by atoms with van der Waals surface area (Å²) in [6, 6.07) is 2.95. The molecule has 1 aromatic rings. The molecule has 2 heteroatoms. The average molecular weight is 299 g/mol. The van der Waals surface area contributed by atoms with E-state index in [9.17, 15) is 5.11 Å². The van der Waals surface area contributed by atoms with Gasteiger partial charge in [0, 0.05) is 12.6 Å². The second-order valence-electron chi connectivity index (χ2n) is 8.37. The lowest BCUT2D eigenvalue weighted by Crippen LogP contribution is -2.58. The SMILES string of the molecule is Cc1cc2c(c(C)c1O)[C@@]1(C)CCN(CC3CC3)C(C2)[C@@H]1C. The first-order valence-corrected chi connectivity index (χ1v) is 8.98. The summed E-state index contributed by atoms with van der Waals surface area (Å²) in [5, 5.41) is 10.4. The van der Waals surface area contributed by atoms with Gasteiger partial charge in [-0.3, -0.25) is 4.90 Å². The lowest BCUT2D eigenvalue weighted by molar-refractivity contribution is 0.0279. The summed E-state index contributed by atoms with van der Waals surface area (Å²) in [4.78, 5) is 2.78. The number of aromatic hydroxyl groups is 1. The predicted octanol–water partition coefficient (Wildman–Crippen LogP) is 3.94. The fourth-order valence-electron chi connectivity index (χ4n) is 5.27. The van der Waals surface area contributed by atoms with E-state index in [1.165, 1.54) is 49.9 Å². The number of nitrogens with zero attached hydrogens (tertiary/aromatic N) is 1. The van der Waals surface area contributed by atoms with Gasteiger partial charge in [0.05, 0.1) is 0 Å². The van der Waals surface area contributed by atoms with E-state index >= 15 is 0 Å². The molecule has 1 unspecified atom stereocenters. The van der Waals surface area contributed by atoms with Gasteiger partial charge in [0.2, 0.25) is 0 Å². The van der Waals surface area contributed by atoms with Crippen LogP contribution in [0, 0.1) is 25.7 Å². The highest BCUT2D eigenvalue weighted by Crippen LogP contribution is 2.52. The van der Waals surface area contributed by atoms with Crippen LogP contribution in [0.25, 0.3) is 0 Å². The average Bonchev–Trinajstić information content (AvgIpc) is 3.27. The molecular weight excluding hydrogens is 270 g/mol. The fraction of sp³-hybridized carbons (Fsp3) is 0.700. The number of phenolic OH excluding ortho intramolecular Hbond substituents is 1. The topological polar surface area (TPSA) is 23.5 Å². The first-order chi connectivity index (χ1) is 10.4. The van der Waals surface area contributed by atoms with Crippen molar-refractivity contribution in [3.05, 3.63) is 28.3 Å². The molecule has 0 aromatic heterocycles. The summed E-state index contributed by atoms with van der Waals surface area (Å²) in [6.45, 7) is 11.6. The Labute approximate surface area is 134 Å². The Hall–Kier alpha value is -1.02. The van der Waals surface area contributed by atoms with Gasteiger partial charge in [-0.1, -0.05) is 19.9 Å². The monoisotopic (exact) mass is 299 g/mol. The summed E-state index contributed by atoms with van der Waals surface area (Å²) in [5.74, 6) is 2.17. The Balaban J connectivity index is 1.78. The molecule has 1 aromatic carbocycles. The van der Waals surface area contributed by atoms with Gasteiger partial charge in [-0.05, 0) is 85.6 Å². The van der Waals surface area contributed by atoms with Crippen LogP contribution in [-0.2, 0) is 11.8 Å². The van der Waals surface area contributed by atoms with Gasteiger partial charge >= 0.3 is 0 Å². The number of phenols is 1. The number of fused-ring (bicyclic) bond motifs is 4.